The van der Waals surface area contributed by atoms with Gasteiger partial charge in [0.15, 0.2) is 0 Å². The lowest BCUT2D eigenvalue weighted by atomic mass is 9.95. The van der Waals surface area contributed by atoms with Crippen LogP contribution in [-0.2, 0) is 14.3 Å². The van der Waals surface area contributed by atoms with E-state index in [0.717, 1.165) is 16.5 Å². The van der Waals surface area contributed by atoms with E-state index in [-0.39, 0.29) is 24.5 Å². The first-order valence-electron chi connectivity index (χ1n) is 11.5. The molecule has 1 atom stereocenters. The second kappa shape index (κ2) is 10.5. The number of benzene rings is 2. The molecule has 0 spiro atoms. The van der Waals surface area contributed by atoms with Gasteiger partial charge in [0.2, 0.25) is 0 Å². The molecule has 1 aliphatic rings. The third-order valence-electron chi connectivity index (χ3n) is 5.98. The highest BCUT2D eigenvalue weighted by molar-refractivity contribution is 5.99. The molecule has 0 radical (unpaired) electrons. The topological polar surface area (TPSA) is 116 Å². The van der Waals surface area contributed by atoms with Gasteiger partial charge in [0.25, 0.3) is 0 Å². The van der Waals surface area contributed by atoms with Gasteiger partial charge in [-0.1, -0.05) is 30.3 Å². The molecule has 0 fully saturated rings. The minimum absolute atomic E-state index is 0.139. The summed E-state index contributed by atoms with van der Waals surface area (Å²) in [6.07, 6.45) is 0. The second-order valence-corrected chi connectivity index (χ2v) is 8.21. The molecule has 4 rings (SSSR count). The number of hydrogen-bond acceptors (Lipinski definition) is 7. The van der Waals surface area contributed by atoms with Crippen LogP contribution in [0.4, 0.5) is 4.79 Å². The normalized spacial score (nSPS) is 15.2. The fraction of sp³-hybridized carbons (Fsp3) is 0.259. The largest absolute Gasteiger partial charge is 0.497 e. The highest BCUT2D eigenvalue weighted by atomic mass is 16.5. The lowest BCUT2D eigenvalue weighted by Crippen LogP contribution is -2.47. The molecule has 186 valence electrons. The van der Waals surface area contributed by atoms with E-state index in [2.05, 4.69) is 15.6 Å². The number of amides is 2. The number of nitrogens with one attached hydrogen (secondary N) is 2. The number of nitrogens with zero attached hydrogens (tertiary/aromatic N) is 1. The zero-order valence-electron chi connectivity index (χ0n) is 20.5. The second-order valence-electron chi connectivity index (χ2n) is 8.21. The summed E-state index contributed by atoms with van der Waals surface area (Å²) in [5.74, 6) is -0.603. The molecule has 9 nitrogen and oxygen atoms in total. The number of para-hydroxylation sites is 1. The molecular weight excluding hydrogens is 462 g/mol. The number of rotatable bonds is 7. The standard InChI is InChI=1S/C27H27N3O6/c1-5-35-26(32)23-21(29-27(33)30-24(23)17-10-12-18(34-4)13-11-17)14-36-25(31)22-15(2)19-8-6-7-9-20(19)28-16(22)3/h6-13,24H,5,14H2,1-4H3,(H2,29,30,33). The summed E-state index contributed by atoms with van der Waals surface area (Å²) in [6, 6.07) is 13.1. The van der Waals surface area contributed by atoms with Crippen molar-refractivity contribution in [3.05, 3.63) is 82.2 Å². The zero-order valence-corrected chi connectivity index (χ0v) is 20.5. The number of pyridine rings is 1. The van der Waals surface area contributed by atoms with Crippen LogP contribution in [0.3, 0.4) is 0 Å². The Morgan fingerprint density at radius 2 is 1.72 bits per heavy atom. The summed E-state index contributed by atoms with van der Waals surface area (Å²) in [7, 11) is 1.55. The number of hydrogen-bond donors (Lipinski definition) is 2. The van der Waals surface area contributed by atoms with Crippen molar-refractivity contribution in [3.63, 3.8) is 0 Å². The van der Waals surface area contributed by atoms with Crippen molar-refractivity contribution in [1.82, 2.24) is 15.6 Å². The van der Waals surface area contributed by atoms with Gasteiger partial charge >= 0.3 is 18.0 Å². The first-order valence-corrected chi connectivity index (χ1v) is 11.5. The minimum atomic E-state index is -0.803. The number of carbonyl (C=O) groups is 3. The Bertz CT molecular complexity index is 1360. The first-order chi connectivity index (χ1) is 17.3. The molecule has 0 bridgehead atoms. The van der Waals surface area contributed by atoms with E-state index in [4.69, 9.17) is 14.2 Å². The lowest BCUT2D eigenvalue weighted by molar-refractivity contribution is -0.139. The highest BCUT2D eigenvalue weighted by Gasteiger charge is 2.34. The average Bonchev–Trinajstić information content (AvgIpc) is 2.87. The van der Waals surface area contributed by atoms with Crippen LogP contribution in [0.25, 0.3) is 10.9 Å². The maximum atomic E-state index is 13.1. The molecule has 9 heteroatoms. The number of ether oxygens (including phenoxy) is 3. The van der Waals surface area contributed by atoms with E-state index < -0.39 is 24.0 Å². The number of aryl methyl sites for hydroxylation is 2. The molecule has 3 aromatic rings. The molecule has 0 saturated heterocycles. The van der Waals surface area contributed by atoms with Crippen LogP contribution in [0.5, 0.6) is 5.75 Å². The maximum Gasteiger partial charge on any atom is 0.340 e. The Morgan fingerprint density at radius 1 is 1.00 bits per heavy atom. The van der Waals surface area contributed by atoms with Crippen LogP contribution in [0, 0.1) is 13.8 Å². The Balaban J connectivity index is 1.68. The molecule has 1 aliphatic heterocycles. The fourth-order valence-corrected chi connectivity index (χ4v) is 4.27. The van der Waals surface area contributed by atoms with E-state index in [1.165, 1.54) is 0 Å². The molecule has 2 N–H and O–H groups in total. The lowest BCUT2D eigenvalue weighted by Gasteiger charge is -2.29. The van der Waals surface area contributed by atoms with Gasteiger partial charge in [-0.2, -0.15) is 0 Å². The minimum Gasteiger partial charge on any atom is -0.497 e. The van der Waals surface area contributed by atoms with E-state index in [1.807, 2.05) is 31.2 Å². The van der Waals surface area contributed by atoms with E-state index >= 15 is 0 Å². The summed E-state index contributed by atoms with van der Waals surface area (Å²) in [5, 5.41) is 6.20. The van der Waals surface area contributed by atoms with Crippen LogP contribution in [0.15, 0.2) is 59.8 Å². The van der Waals surface area contributed by atoms with Gasteiger partial charge in [-0.3, -0.25) is 4.98 Å². The number of urea groups is 1. The molecule has 1 aromatic heterocycles. The van der Waals surface area contributed by atoms with Crippen LogP contribution in [0.1, 0.15) is 40.1 Å². The van der Waals surface area contributed by atoms with Crippen LogP contribution < -0.4 is 15.4 Å². The molecule has 0 aliphatic carbocycles. The van der Waals surface area contributed by atoms with Crippen molar-refractivity contribution < 1.29 is 28.6 Å². The monoisotopic (exact) mass is 489 g/mol. The average molecular weight is 490 g/mol. The van der Waals surface area contributed by atoms with Gasteiger partial charge in [-0.15, -0.1) is 0 Å². The summed E-state index contributed by atoms with van der Waals surface area (Å²) in [4.78, 5) is 43.1. The van der Waals surface area contributed by atoms with Gasteiger partial charge in [-0.25, -0.2) is 14.4 Å². The summed E-state index contributed by atoms with van der Waals surface area (Å²) in [5.41, 5.74) is 3.34. The van der Waals surface area contributed by atoms with Crippen molar-refractivity contribution in [1.29, 1.82) is 0 Å². The molecule has 2 heterocycles. The summed E-state index contributed by atoms with van der Waals surface area (Å²) >= 11 is 0. The molecule has 0 saturated carbocycles. The molecule has 2 amide bonds. The third-order valence-corrected chi connectivity index (χ3v) is 5.98. The predicted octanol–water partition coefficient (Wildman–Crippen LogP) is 3.89. The zero-order chi connectivity index (χ0) is 25.8. The quantitative estimate of drug-likeness (QED) is 0.484. The van der Waals surface area contributed by atoms with Gasteiger partial charge in [-0.05, 0) is 50.1 Å². The predicted molar refractivity (Wildman–Crippen MR) is 133 cm³/mol. The van der Waals surface area contributed by atoms with Crippen molar-refractivity contribution in [2.45, 2.75) is 26.8 Å². The van der Waals surface area contributed by atoms with E-state index in [9.17, 15) is 14.4 Å². The highest BCUT2D eigenvalue weighted by Crippen LogP contribution is 2.30. The van der Waals surface area contributed by atoms with Crippen molar-refractivity contribution in [2.24, 2.45) is 0 Å². The van der Waals surface area contributed by atoms with Gasteiger partial charge in [0.05, 0.1) is 47.8 Å². The number of carbonyl (C=O) groups excluding carboxylic acids is 3. The van der Waals surface area contributed by atoms with Crippen molar-refractivity contribution in [3.8, 4) is 5.75 Å². The van der Waals surface area contributed by atoms with Crippen molar-refractivity contribution in [2.75, 3.05) is 20.3 Å². The van der Waals surface area contributed by atoms with Crippen LogP contribution in [-0.4, -0.2) is 43.3 Å². The Hall–Kier alpha value is -4.40. The Kier molecular flexibility index (Phi) is 7.19. The van der Waals surface area contributed by atoms with Gasteiger partial charge < -0.3 is 24.8 Å². The number of fused-ring (bicyclic) bond motifs is 1. The molecule has 1 unspecified atom stereocenters. The summed E-state index contributed by atoms with van der Waals surface area (Å²) < 4.78 is 16.1. The first kappa shape index (κ1) is 24.7. The molecular formula is C27H27N3O6. The number of aromatic nitrogens is 1. The van der Waals surface area contributed by atoms with E-state index in [1.54, 1.807) is 45.2 Å². The maximum absolute atomic E-state index is 13.1. The Labute approximate surface area is 208 Å². The van der Waals surface area contributed by atoms with Gasteiger partial charge in [0, 0.05) is 5.39 Å². The number of esters is 2. The van der Waals surface area contributed by atoms with Crippen molar-refractivity contribution >= 4 is 28.9 Å². The molecule has 2 aromatic carbocycles. The Morgan fingerprint density at radius 3 is 2.42 bits per heavy atom. The number of methoxy groups -OCH3 is 1. The summed E-state index contributed by atoms with van der Waals surface area (Å²) in [6.45, 7) is 5.07. The van der Waals surface area contributed by atoms with Crippen LogP contribution in [0.2, 0.25) is 0 Å². The molecule has 36 heavy (non-hydrogen) atoms. The van der Waals surface area contributed by atoms with E-state index in [0.29, 0.717) is 22.6 Å². The van der Waals surface area contributed by atoms with Gasteiger partial charge in [0.1, 0.15) is 12.4 Å². The fourth-order valence-electron chi connectivity index (χ4n) is 4.27. The SMILES string of the molecule is CCOC(=O)C1=C(COC(=O)c2c(C)nc3ccccc3c2C)NC(=O)NC1c1ccc(OC)cc1. The third kappa shape index (κ3) is 4.86. The smallest absolute Gasteiger partial charge is 0.340 e. The van der Waals surface area contributed by atoms with Crippen LogP contribution >= 0.6 is 0 Å².